The van der Waals surface area contributed by atoms with Crippen molar-refractivity contribution in [2.24, 2.45) is 0 Å². The first-order valence-corrected chi connectivity index (χ1v) is 7.49. The van der Waals surface area contributed by atoms with E-state index in [1.807, 2.05) is 6.92 Å². The van der Waals surface area contributed by atoms with Gasteiger partial charge in [0.25, 0.3) is 0 Å². The van der Waals surface area contributed by atoms with Crippen molar-refractivity contribution in [3.63, 3.8) is 0 Å². The number of aliphatic carboxylic acids is 1. The van der Waals surface area contributed by atoms with Crippen LogP contribution in [0.1, 0.15) is 23.6 Å². The molecule has 0 atom stereocenters. The lowest BCUT2D eigenvalue weighted by Crippen LogP contribution is -2.02. The van der Waals surface area contributed by atoms with Crippen molar-refractivity contribution in [3.05, 3.63) is 58.9 Å². The number of carboxylic acids is 1. The fraction of sp³-hybridized carbons (Fsp3) is 0.211. The Morgan fingerprint density at radius 1 is 1.29 bits per heavy atom. The Morgan fingerprint density at radius 3 is 2.62 bits per heavy atom. The maximum atomic E-state index is 13.8. The molecule has 0 aromatic heterocycles. The van der Waals surface area contributed by atoms with Crippen LogP contribution in [0.15, 0.2) is 36.4 Å². The second-order valence-corrected chi connectivity index (χ2v) is 5.14. The summed E-state index contributed by atoms with van der Waals surface area (Å²) in [6, 6.07) is 9.54. The van der Waals surface area contributed by atoms with Gasteiger partial charge in [-0.05, 0) is 43.2 Å². The van der Waals surface area contributed by atoms with Gasteiger partial charge in [0, 0.05) is 5.56 Å². The number of methoxy groups -OCH3 is 1. The average molecular weight is 330 g/mol. The van der Waals surface area contributed by atoms with E-state index in [2.05, 4.69) is 0 Å². The zero-order valence-corrected chi connectivity index (χ0v) is 13.8. The molecule has 5 heteroatoms. The summed E-state index contributed by atoms with van der Waals surface area (Å²) in [6.07, 6.45) is 1.46. The molecule has 0 spiro atoms. The highest BCUT2D eigenvalue weighted by Gasteiger charge is 2.15. The third-order valence-corrected chi connectivity index (χ3v) is 3.53. The van der Waals surface area contributed by atoms with Crippen LogP contribution in [0, 0.1) is 12.7 Å². The minimum atomic E-state index is -1.15. The van der Waals surface area contributed by atoms with Crippen LogP contribution in [0.25, 0.3) is 11.6 Å². The molecule has 0 fully saturated rings. The van der Waals surface area contributed by atoms with Crippen LogP contribution in [-0.4, -0.2) is 24.8 Å². The van der Waals surface area contributed by atoms with E-state index in [-0.39, 0.29) is 11.1 Å². The summed E-state index contributed by atoms with van der Waals surface area (Å²) < 4.78 is 24.6. The van der Waals surface area contributed by atoms with Gasteiger partial charge in [0.2, 0.25) is 0 Å². The second kappa shape index (κ2) is 7.64. The number of benzene rings is 2. The summed E-state index contributed by atoms with van der Waals surface area (Å²) in [5, 5.41) is 9.53. The molecule has 0 heterocycles. The third-order valence-electron chi connectivity index (χ3n) is 3.53. The molecular formula is C19H19FO4. The molecule has 0 radical (unpaired) electrons. The Hall–Kier alpha value is -2.82. The summed E-state index contributed by atoms with van der Waals surface area (Å²) in [4.78, 5) is 11.7. The maximum Gasteiger partial charge on any atom is 0.336 e. The number of carboxylic acid groups (broad SMARTS) is 1. The number of para-hydroxylation sites is 1. The van der Waals surface area contributed by atoms with E-state index in [0.29, 0.717) is 29.2 Å². The van der Waals surface area contributed by atoms with Gasteiger partial charge in [-0.25, -0.2) is 9.18 Å². The lowest BCUT2D eigenvalue weighted by atomic mass is 10.0. The van der Waals surface area contributed by atoms with E-state index in [1.54, 1.807) is 37.3 Å². The van der Waals surface area contributed by atoms with Gasteiger partial charge in [0.1, 0.15) is 5.82 Å². The maximum absolute atomic E-state index is 13.8. The van der Waals surface area contributed by atoms with Crippen LogP contribution in [0.5, 0.6) is 11.5 Å². The van der Waals surface area contributed by atoms with E-state index in [9.17, 15) is 14.3 Å². The quantitative estimate of drug-likeness (QED) is 0.638. The van der Waals surface area contributed by atoms with Gasteiger partial charge >= 0.3 is 5.97 Å². The van der Waals surface area contributed by atoms with Crippen molar-refractivity contribution in [3.8, 4) is 11.5 Å². The molecule has 2 aromatic rings. The molecule has 126 valence electrons. The van der Waals surface area contributed by atoms with Gasteiger partial charge in [-0.1, -0.05) is 24.3 Å². The number of hydrogen-bond donors (Lipinski definition) is 1. The van der Waals surface area contributed by atoms with Gasteiger partial charge in [-0.15, -0.1) is 0 Å². The van der Waals surface area contributed by atoms with Gasteiger partial charge in [-0.3, -0.25) is 0 Å². The highest BCUT2D eigenvalue weighted by molar-refractivity contribution is 6.20. The summed E-state index contributed by atoms with van der Waals surface area (Å²) in [6.45, 7) is 3.86. The number of rotatable bonds is 6. The lowest BCUT2D eigenvalue weighted by molar-refractivity contribution is -0.130. The molecular weight excluding hydrogens is 311 g/mol. The topological polar surface area (TPSA) is 55.8 Å². The van der Waals surface area contributed by atoms with Crippen molar-refractivity contribution >= 4 is 17.6 Å². The van der Waals surface area contributed by atoms with Crippen molar-refractivity contribution in [1.82, 2.24) is 0 Å². The van der Waals surface area contributed by atoms with Gasteiger partial charge in [0.05, 0.1) is 19.3 Å². The van der Waals surface area contributed by atoms with E-state index in [4.69, 9.17) is 9.47 Å². The first-order valence-electron chi connectivity index (χ1n) is 7.49. The van der Waals surface area contributed by atoms with Crippen LogP contribution in [0.3, 0.4) is 0 Å². The molecule has 2 rings (SSSR count). The molecule has 0 saturated heterocycles. The monoisotopic (exact) mass is 330 g/mol. The van der Waals surface area contributed by atoms with E-state index in [1.165, 1.54) is 19.3 Å². The minimum Gasteiger partial charge on any atom is -0.493 e. The lowest BCUT2D eigenvalue weighted by Gasteiger charge is -2.13. The average Bonchev–Trinajstić information content (AvgIpc) is 2.56. The Labute approximate surface area is 140 Å². The molecule has 24 heavy (non-hydrogen) atoms. The smallest absolute Gasteiger partial charge is 0.336 e. The highest BCUT2D eigenvalue weighted by atomic mass is 19.1. The molecule has 0 aliphatic heterocycles. The number of halogens is 1. The van der Waals surface area contributed by atoms with Crippen molar-refractivity contribution in [2.45, 2.75) is 13.8 Å². The fourth-order valence-corrected chi connectivity index (χ4v) is 2.29. The highest BCUT2D eigenvalue weighted by Crippen LogP contribution is 2.34. The molecule has 2 aromatic carbocycles. The van der Waals surface area contributed by atoms with Gasteiger partial charge in [0.15, 0.2) is 11.5 Å². The summed E-state index contributed by atoms with van der Waals surface area (Å²) >= 11 is 0. The van der Waals surface area contributed by atoms with Gasteiger partial charge < -0.3 is 14.6 Å². The minimum absolute atomic E-state index is 0.0249. The molecule has 1 N–H and O–H groups in total. The van der Waals surface area contributed by atoms with E-state index < -0.39 is 11.8 Å². The van der Waals surface area contributed by atoms with E-state index in [0.717, 1.165) is 0 Å². The summed E-state index contributed by atoms with van der Waals surface area (Å²) in [7, 11) is 1.51. The van der Waals surface area contributed by atoms with Crippen LogP contribution in [0.2, 0.25) is 0 Å². The first kappa shape index (κ1) is 17.5. The predicted octanol–water partition coefficient (Wildman–Crippen LogP) is 4.17. The predicted molar refractivity (Wildman–Crippen MR) is 90.8 cm³/mol. The number of aryl methyl sites for hydroxylation is 1. The molecule has 0 bridgehead atoms. The molecule has 4 nitrogen and oxygen atoms in total. The van der Waals surface area contributed by atoms with Crippen molar-refractivity contribution in [2.75, 3.05) is 13.7 Å². The van der Waals surface area contributed by atoms with Gasteiger partial charge in [-0.2, -0.15) is 0 Å². The van der Waals surface area contributed by atoms with Crippen molar-refractivity contribution < 1.29 is 23.8 Å². The molecule has 0 aliphatic rings. The van der Waals surface area contributed by atoms with Crippen LogP contribution < -0.4 is 9.47 Å². The molecule has 0 unspecified atom stereocenters. The Balaban J connectivity index is 2.60. The normalized spacial score (nSPS) is 11.2. The summed E-state index contributed by atoms with van der Waals surface area (Å²) in [5.74, 6) is -0.641. The summed E-state index contributed by atoms with van der Waals surface area (Å²) in [5.41, 5.74) is 1.27. The first-order chi connectivity index (χ1) is 11.5. The number of carbonyl (C=O) groups is 1. The molecule has 0 aliphatic carbocycles. The number of ether oxygens (including phenoxy) is 2. The largest absolute Gasteiger partial charge is 0.493 e. The van der Waals surface area contributed by atoms with Crippen LogP contribution in [0.4, 0.5) is 4.39 Å². The zero-order chi connectivity index (χ0) is 17.7. The molecule has 0 saturated carbocycles. The standard InChI is InChI=1S/C19H19FO4/c1-4-24-18-14(6-5-7-17(18)23-3)10-15(19(21)22)13-9-8-12(2)16(20)11-13/h5-11H,4H2,1-3H3,(H,21,22)/b15-10-. The second-order valence-electron chi connectivity index (χ2n) is 5.14. The SMILES string of the molecule is CCOc1c(/C=C(\C(=O)O)c2ccc(C)c(F)c2)cccc1OC. The molecule has 0 amide bonds. The Morgan fingerprint density at radius 2 is 2.04 bits per heavy atom. The van der Waals surface area contributed by atoms with Crippen molar-refractivity contribution in [1.29, 1.82) is 0 Å². The zero-order valence-electron chi connectivity index (χ0n) is 13.8. The van der Waals surface area contributed by atoms with Crippen LogP contribution in [-0.2, 0) is 4.79 Å². The van der Waals surface area contributed by atoms with Crippen LogP contribution >= 0.6 is 0 Å². The van der Waals surface area contributed by atoms with E-state index >= 15 is 0 Å². The Kier molecular flexibility index (Phi) is 5.58. The fourth-order valence-electron chi connectivity index (χ4n) is 2.29. The number of hydrogen-bond acceptors (Lipinski definition) is 3. The third kappa shape index (κ3) is 3.74. The Bertz CT molecular complexity index is 781.